The molecule has 1 heterocycles. The fourth-order valence-corrected chi connectivity index (χ4v) is 4.75. The maximum Gasteiger partial charge on any atom is 0.275 e. The Kier molecular flexibility index (Phi) is 9.29. The van der Waals surface area contributed by atoms with E-state index in [2.05, 4.69) is 15.2 Å². The Morgan fingerprint density at radius 2 is 1.61 bits per heavy atom. The van der Waals surface area contributed by atoms with Crippen LogP contribution in [-0.4, -0.2) is 43.7 Å². The van der Waals surface area contributed by atoms with Gasteiger partial charge in [-0.3, -0.25) is 9.69 Å². The van der Waals surface area contributed by atoms with E-state index >= 15 is 0 Å². The van der Waals surface area contributed by atoms with E-state index in [4.69, 9.17) is 14.2 Å². The first-order valence-electron chi connectivity index (χ1n) is 12.0. The Hall–Kier alpha value is -3.95. The van der Waals surface area contributed by atoms with E-state index in [1.807, 2.05) is 42.5 Å². The summed E-state index contributed by atoms with van der Waals surface area (Å²) in [7, 11) is 4.90. The minimum absolute atomic E-state index is 0.328. The Morgan fingerprint density at radius 3 is 2.29 bits per heavy atom. The number of amides is 1. The van der Waals surface area contributed by atoms with Crippen molar-refractivity contribution in [2.45, 2.75) is 19.5 Å². The van der Waals surface area contributed by atoms with Gasteiger partial charge in [-0.2, -0.15) is 0 Å². The zero-order valence-corrected chi connectivity index (χ0v) is 22.4. The Morgan fingerprint density at radius 1 is 0.895 bits per heavy atom. The number of hydrogen-bond acceptors (Lipinski definition) is 7. The highest BCUT2D eigenvalue weighted by Gasteiger charge is 2.15. The fraction of sp³-hybridized carbons (Fsp3) is 0.241. The molecule has 0 atom stereocenters. The second-order valence-electron chi connectivity index (χ2n) is 8.59. The molecule has 1 amide bonds. The zero-order chi connectivity index (χ0) is 26.9. The van der Waals surface area contributed by atoms with Crippen LogP contribution in [0.3, 0.4) is 0 Å². The summed E-state index contributed by atoms with van der Waals surface area (Å²) in [5.41, 5.74) is 3.12. The Balaban J connectivity index is 1.46. The van der Waals surface area contributed by atoms with E-state index in [1.165, 1.54) is 35.6 Å². The van der Waals surface area contributed by atoms with Crippen LogP contribution in [0.5, 0.6) is 17.2 Å². The van der Waals surface area contributed by atoms with Crippen molar-refractivity contribution in [3.05, 3.63) is 99.8 Å². The van der Waals surface area contributed by atoms with Gasteiger partial charge in [0.15, 0.2) is 11.5 Å². The molecule has 0 aliphatic carbocycles. The summed E-state index contributed by atoms with van der Waals surface area (Å²) in [5, 5.41) is 5.33. The first kappa shape index (κ1) is 27.1. The van der Waals surface area contributed by atoms with Gasteiger partial charge in [-0.1, -0.05) is 18.2 Å². The molecule has 0 radical (unpaired) electrons. The largest absolute Gasteiger partial charge is 0.497 e. The highest BCUT2D eigenvalue weighted by Crippen LogP contribution is 2.28. The predicted molar refractivity (Wildman–Crippen MR) is 147 cm³/mol. The van der Waals surface area contributed by atoms with Crippen LogP contribution in [0, 0.1) is 5.82 Å². The quantitative estimate of drug-likeness (QED) is 0.247. The number of carbonyl (C=O) groups is 1. The number of benzene rings is 3. The van der Waals surface area contributed by atoms with E-state index in [0.29, 0.717) is 36.0 Å². The van der Waals surface area contributed by atoms with Crippen LogP contribution in [0.4, 0.5) is 10.1 Å². The van der Waals surface area contributed by atoms with Crippen molar-refractivity contribution in [2.75, 3.05) is 33.2 Å². The van der Waals surface area contributed by atoms with Crippen molar-refractivity contribution in [1.29, 1.82) is 0 Å². The van der Waals surface area contributed by atoms with Gasteiger partial charge in [0.1, 0.15) is 22.3 Å². The number of aromatic nitrogens is 1. The fourth-order valence-electron chi connectivity index (χ4n) is 3.93. The summed E-state index contributed by atoms with van der Waals surface area (Å²) < 4.78 is 29.3. The number of halogens is 1. The molecule has 9 heteroatoms. The molecule has 0 saturated carbocycles. The molecule has 0 spiro atoms. The highest BCUT2D eigenvalue weighted by molar-refractivity contribution is 7.09. The highest BCUT2D eigenvalue weighted by atomic mass is 32.1. The van der Waals surface area contributed by atoms with Gasteiger partial charge < -0.3 is 19.5 Å². The van der Waals surface area contributed by atoms with Gasteiger partial charge in [-0.15, -0.1) is 11.3 Å². The number of nitrogens with one attached hydrogen (secondary N) is 1. The lowest BCUT2D eigenvalue weighted by Crippen LogP contribution is -2.25. The van der Waals surface area contributed by atoms with Crippen molar-refractivity contribution in [3.8, 4) is 17.2 Å². The molecule has 198 valence electrons. The minimum Gasteiger partial charge on any atom is -0.497 e. The van der Waals surface area contributed by atoms with Crippen LogP contribution in [0.15, 0.2) is 72.1 Å². The summed E-state index contributed by atoms with van der Waals surface area (Å²) in [5.74, 6) is 1.52. The number of methoxy groups -OCH3 is 3. The lowest BCUT2D eigenvalue weighted by molar-refractivity contribution is 0.102. The second-order valence-corrected chi connectivity index (χ2v) is 9.53. The average Bonchev–Trinajstić information content (AvgIpc) is 3.42. The van der Waals surface area contributed by atoms with Gasteiger partial charge in [0.25, 0.3) is 5.91 Å². The molecule has 0 saturated heterocycles. The topological polar surface area (TPSA) is 72.9 Å². The maximum atomic E-state index is 13.2. The molecular weight excluding hydrogens is 505 g/mol. The van der Waals surface area contributed by atoms with Crippen molar-refractivity contribution in [2.24, 2.45) is 0 Å². The Bertz CT molecular complexity index is 1340. The first-order valence-corrected chi connectivity index (χ1v) is 12.9. The number of anilines is 1. The smallest absolute Gasteiger partial charge is 0.275 e. The van der Waals surface area contributed by atoms with Crippen molar-refractivity contribution < 1.29 is 23.4 Å². The molecule has 4 aromatic rings. The molecular formula is C29H30FN3O4S. The summed E-state index contributed by atoms with van der Waals surface area (Å²) in [6.07, 6.45) is 0.791. The van der Waals surface area contributed by atoms with Crippen molar-refractivity contribution in [3.63, 3.8) is 0 Å². The lowest BCUT2D eigenvalue weighted by Gasteiger charge is -2.22. The molecule has 1 N–H and O–H groups in total. The molecule has 0 aliphatic rings. The second kappa shape index (κ2) is 13.0. The van der Waals surface area contributed by atoms with Crippen LogP contribution in [0.1, 0.15) is 26.6 Å². The number of carbonyl (C=O) groups excluding carboxylic acids is 1. The molecule has 1 aromatic heterocycles. The van der Waals surface area contributed by atoms with E-state index in [-0.39, 0.29) is 11.7 Å². The number of nitrogens with zero attached hydrogens (tertiary/aromatic N) is 2. The van der Waals surface area contributed by atoms with Gasteiger partial charge in [-0.25, -0.2) is 9.37 Å². The predicted octanol–water partition coefficient (Wildman–Crippen LogP) is 5.81. The van der Waals surface area contributed by atoms with Gasteiger partial charge >= 0.3 is 0 Å². The van der Waals surface area contributed by atoms with Crippen molar-refractivity contribution in [1.82, 2.24) is 9.88 Å². The van der Waals surface area contributed by atoms with Crippen LogP contribution >= 0.6 is 11.3 Å². The molecule has 0 unspecified atom stereocenters. The number of rotatable bonds is 12. The standard InChI is InChI=1S/C29H30FN3O4S/c1-35-24-11-4-21(5-12-24)17-33(15-14-20-6-13-26(36-2)27(16-20)37-3)18-28-32-25(19-38-28)29(34)31-23-9-7-22(30)8-10-23/h4-13,16,19H,14-15,17-18H2,1-3H3,(H,31,34). The van der Waals surface area contributed by atoms with E-state index in [9.17, 15) is 9.18 Å². The van der Waals surface area contributed by atoms with Crippen LogP contribution < -0.4 is 19.5 Å². The number of thiazole rings is 1. The normalized spacial score (nSPS) is 10.9. The molecule has 38 heavy (non-hydrogen) atoms. The van der Waals surface area contributed by atoms with E-state index < -0.39 is 0 Å². The zero-order valence-electron chi connectivity index (χ0n) is 21.6. The molecule has 3 aromatic carbocycles. The first-order chi connectivity index (χ1) is 18.5. The van der Waals surface area contributed by atoms with Gasteiger partial charge in [0.2, 0.25) is 0 Å². The third kappa shape index (κ3) is 7.30. The minimum atomic E-state index is -0.357. The molecule has 7 nitrogen and oxygen atoms in total. The molecule has 4 rings (SSSR count). The van der Waals surface area contributed by atoms with Crippen LogP contribution in [0.2, 0.25) is 0 Å². The Labute approximate surface area is 225 Å². The van der Waals surface area contributed by atoms with Gasteiger partial charge in [-0.05, 0) is 66.1 Å². The molecule has 0 fully saturated rings. The number of ether oxygens (including phenoxy) is 3. The monoisotopic (exact) mass is 535 g/mol. The summed E-state index contributed by atoms with van der Waals surface area (Å²) in [6, 6.07) is 19.6. The molecule has 0 aliphatic heterocycles. The maximum absolute atomic E-state index is 13.2. The summed E-state index contributed by atoms with van der Waals surface area (Å²) in [6.45, 7) is 2.04. The summed E-state index contributed by atoms with van der Waals surface area (Å²) >= 11 is 1.44. The third-order valence-electron chi connectivity index (χ3n) is 5.98. The molecule has 0 bridgehead atoms. The van der Waals surface area contributed by atoms with Crippen LogP contribution in [0.25, 0.3) is 0 Å². The van der Waals surface area contributed by atoms with Gasteiger partial charge in [0, 0.05) is 24.2 Å². The average molecular weight is 536 g/mol. The number of hydrogen-bond donors (Lipinski definition) is 1. The van der Waals surface area contributed by atoms with E-state index in [1.54, 1.807) is 26.7 Å². The van der Waals surface area contributed by atoms with Crippen molar-refractivity contribution >= 4 is 22.9 Å². The lowest BCUT2D eigenvalue weighted by atomic mass is 10.1. The van der Waals surface area contributed by atoms with Crippen LogP contribution in [-0.2, 0) is 19.5 Å². The SMILES string of the molecule is COc1ccc(CN(CCc2ccc(OC)c(OC)c2)Cc2nc(C(=O)Nc3ccc(F)cc3)cs2)cc1. The third-order valence-corrected chi connectivity index (χ3v) is 6.81. The summed E-state index contributed by atoms with van der Waals surface area (Å²) in [4.78, 5) is 19.5. The van der Waals surface area contributed by atoms with E-state index in [0.717, 1.165) is 34.8 Å². The van der Waals surface area contributed by atoms with Gasteiger partial charge in [0.05, 0.1) is 27.9 Å².